The Morgan fingerprint density at radius 1 is 1.27 bits per heavy atom. The van der Waals surface area contributed by atoms with Crippen LogP contribution in [0.5, 0.6) is 0 Å². The Morgan fingerprint density at radius 3 is 2.73 bits per heavy atom. The Labute approximate surface area is 183 Å². The normalized spacial score (nSPS) is 21.0. The molecule has 1 unspecified atom stereocenters. The summed E-state index contributed by atoms with van der Waals surface area (Å²) < 4.78 is 6.76. The first-order valence-electron chi connectivity index (χ1n) is 11.2. The minimum Gasteiger partial charge on any atom is -0.379 e. The molecule has 2 fully saturated rings. The number of hydrogen-bond donors (Lipinski definition) is 1. The quantitative estimate of drug-likeness (QED) is 0.729. The molecular formula is C23H34N4O2S. The van der Waals surface area contributed by atoms with Gasteiger partial charge in [-0.3, -0.25) is 14.6 Å². The summed E-state index contributed by atoms with van der Waals surface area (Å²) >= 11 is 1.71. The molecule has 164 valence electrons. The minimum atomic E-state index is 0.101. The lowest BCUT2D eigenvalue weighted by Gasteiger charge is -2.48. The van der Waals surface area contributed by atoms with Crippen LogP contribution in [-0.4, -0.2) is 72.7 Å². The second kappa shape index (κ2) is 9.73. The van der Waals surface area contributed by atoms with Crippen LogP contribution in [0.25, 0.3) is 10.2 Å². The fourth-order valence-electron chi connectivity index (χ4n) is 4.79. The number of carbonyl (C=O) groups is 1. The van der Waals surface area contributed by atoms with Crippen LogP contribution >= 0.6 is 11.3 Å². The third-order valence-corrected chi connectivity index (χ3v) is 8.01. The van der Waals surface area contributed by atoms with E-state index in [1.165, 1.54) is 36.8 Å². The highest BCUT2D eigenvalue weighted by molar-refractivity contribution is 7.18. The van der Waals surface area contributed by atoms with Crippen LogP contribution < -0.4 is 5.32 Å². The number of ether oxygens (including phenoxy) is 1. The molecule has 1 aliphatic heterocycles. The molecule has 1 amide bonds. The molecule has 0 bridgehead atoms. The molecule has 0 spiro atoms. The second-order valence-corrected chi connectivity index (χ2v) is 9.83. The number of aromatic nitrogens is 1. The molecule has 1 saturated heterocycles. The molecule has 1 aromatic heterocycles. The summed E-state index contributed by atoms with van der Waals surface area (Å²) in [6.07, 6.45) is 6.16. The van der Waals surface area contributed by atoms with Crippen LogP contribution in [0.1, 0.15) is 50.1 Å². The van der Waals surface area contributed by atoms with Crippen molar-refractivity contribution >= 4 is 27.5 Å². The van der Waals surface area contributed by atoms with Gasteiger partial charge in [-0.05, 0) is 38.9 Å². The van der Waals surface area contributed by atoms with E-state index >= 15 is 0 Å². The monoisotopic (exact) mass is 430 g/mol. The molecule has 30 heavy (non-hydrogen) atoms. The summed E-state index contributed by atoms with van der Waals surface area (Å²) in [4.78, 5) is 22.2. The lowest BCUT2D eigenvalue weighted by Crippen LogP contribution is -2.60. The standard InChI is InChI=1S/C23H34N4O2S/c1-18(22-25-19-8-4-5-9-20(19)30-22)26(2)16-21(28)24-17-23(10-6-3-7-11-23)27-12-14-29-15-13-27/h4-5,8-9,18H,3,6-7,10-17H2,1-2H3,(H,24,28). The number of hydrogen-bond acceptors (Lipinski definition) is 6. The Kier molecular flexibility index (Phi) is 7.03. The van der Waals surface area contributed by atoms with Gasteiger partial charge in [0.1, 0.15) is 5.01 Å². The first-order valence-corrected chi connectivity index (χ1v) is 12.0. The predicted molar refractivity (Wildman–Crippen MR) is 122 cm³/mol. The number of morpholine rings is 1. The third-order valence-electron chi connectivity index (χ3n) is 6.80. The van der Waals surface area contributed by atoms with Crippen LogP contribution in [0, 0.1) is 0 Å². The highest BCUT2D eigenvalue weighted by Crippen LogP contribution is 2.34. The average molecular weight is 431 g/mol. The van der Waals surface area contributed by atoms with Gasteiger partial charge in [0.2, 0.25) is 5.91 Å². The first kappa shape index (κ1) is 21.7. The van der Waals surface area contributed by atoms with E-state index in [4.69, 9.17) is 9.72 Å². The van der Waals surface area contributed by atoms with Gasteiger partial charge in [-0.15, -0.1) is 11.3 Å². The van der Waals surface area contributed by atoms with Crippen molar-refractivity contribution in [3.05, 3.63) is 29.3 Å². The van der Waals surface area contributed by atoms with Crippen LogP contribution in [-0.2, 0) is 9.53 Å². The topological polar surface area (TPSA) is 57.7 Å². The Bertz CT molecular complexity index is 810. The minimum absolute atomic E-state index is 0.101. The fraction of sp³-hybridized carbons (Fsp3) is 0.652. The van der Waals surface area contributed by atoms with E-state index in [0.29, 0.717) is 6.54 Å². The van der Waals surface area contributed by atoms with E-state index in [1.54, 1.807) is 11.3 Å². The number of nitrogens with one attached hydrogen (secondary N) is 1. The van der Waals surface area contributed by atoms with Gasteiger partial charge >= 0.3 is 0 Å². The largest absolute Gasteiger partial charge is 0.379 e. The number of amides is 1. The Balaban J connectivity index is 1.34. The molecule has 1 aromatic carbocycles. The van der Waals surface area contributed by atoms with Crippen molar-refractivity contribution in [3.63, 3.8) is 0 Å². The van der Waals surface area contributed by atoms with E-state index in [2.05, 4.69) is 28.1 Å². The van der Waals surface area contributed by atoms with Gasteiger partial charge in [-0.25, -0.2) is 4.98 Å². The molecule has 2 aromatic rings. The summed E-state index contributed by atoms with van der Waals surface area (Å²) in [5, 5.41) is 4.33. The van der Waals surface area contributed by atoms with E-state index in [0.717, 1.165) is 43.4 Å². The molecule has 7 heteroatoms. The van der Waals surface area contributed by atoms with Crippen LogP contribution in [0.4, 0.5) is 0 Å². The van der Waals surface area contributed by atoms with E-state index < -0.39 is 0 Å². The summed E-state index contributed by atoms with van der Waals surface area (Å²) in [6.45, 7) is 6.82. The number of para-hydroxylation sites is 1. The second-order valence-electron chi connectivity index (χ2n) is 8.77. The highest BCUT2D eigenvalue weighted by atomic mass is 32.1. The number of benzene rings is 1. The molecule has 2 heterocycles. The molecule has 1 N–H and O–H groups in total. The van der Waals surface area contributed by atoms with Crippen molar-refractivity contribution in [2.24, 2.45) is 0 Å². The maximum atomic E-state index is 12.8. The summed E-state index contributed by atoms with van der Waals surface area (Å²) in [7, 11) is 2.01. The van der Waals surface area contributed by atoms with Gasteiger partial charge in [0.05, 0.1) is 36.0 Å². The molecule has 6 nitrogen and oxygen atoms in total. The predicted octanol–water partition coefficient (Wildman–Crippen LogP) is 3.44. The average Bonchev–Trinajstić information content (AvgIpc) is 3.23. The van der Waals surface area contributed by atoms with Crippen molar-refractivity contribution < 1.29 is 9.53 Å². The third kappa shape index (κ3) is 4.85. The molecule has 4 rings (SSSR count). The molecule has 1 atom stereocenters. The zero-order valence-electron chi connectivity index (χ0n) is 18.2. The van der Waals surface area contributed by atoms with E-state index in [-0.39, 0.29) is 17.5 Å². The lowest BCUT2D eigenvalue weighted by molar-refractivity contribution is -0.123. The van der Waals surface area contributed by atoms with Gasteiger partial charge < -0.3 is 10.1 Å². The Morgan fingerprint density at radius 2 is 2.00 bits per heavy atom. The first-order chi connectivity index (χ1) is 14.6. The maximum absolute atomic E-state index is 12.8. The van der Waals surface area contributed by atoms with Gasteiger partial charge in [-0.1, -0.05) is 31.4 Å². The van der Waals surface area contributed by atoms with Crippen molar-refractivity contribution in [3.8, 4) is 0 Å². The van der Waals surface area contributed by atoms with Gasteiger partial charge in [0.25, 0.3) is 0 Å². The van der Waals surface area contributed by atoms with Crippen LogP contribution in [0.15, 0.2) is 24.3 Å². The molecular weight excluding hydrogens is 396 g/mol. The Hall–Kier alpha value is -1.54. The number of rotatable bonds is 7. The van der Waals surface area contributed by atoms with Crippen molar-refractivity contribution in [2.75, 3.05) is 46.4 Å². The maximum Gasteiger partial charge on any atom is 0.234 e. The van der Waals surface area contributed by atoms with Crippen LogP contribution in [0.2, 0.25) is 0 Å². The summed E-state index contributed by atoms with van der Waals surface area (Å²) in [5.74, 6) is 0.101. The number of likely N-dealkylation sites (N-methyl/N-ethyl adjacent to an activating group) is 1. The number of carbonyl (C=O) groups excluding carboxylic acids is 1. The lowest BCUT2D eigenvalue weighted by atomic mass is 9.79. The van der Waals surface area contributed by atoms with Gasteiger partial charge in [0.15, 0.2) is 0 Å². The molecule has 0 radical (unpaired) electrons. The molecule has 2 aliphatic rings. The van der Waals surface area contributed by atoms with Gasteiger partial charge in [-0.2, -0.15) is 0 Å². The van der Waals surface area contributed by atoms with Crippen molar-refractivity contribution in [1.29, 1.82) is 0 Å². The smallest absolute Gasteiger partial charge is 0.234 e. The summed E-state index contributed by atoms with van der Waals surface area (Å²) in [5.41, 5.74) is 1.14. The SMILES string of the molecule is CC(c1nc2ccccc2s1)N(C)CC(=O)NCC1(N2CCOCC2)CCCCC1. The van der Waals surface area contributed by atoms with Crippen molar-refractivity contribution in [1.82, 2.24) is 20.1 Å². The van der Waals surface area contributed by atoms with Crippen molar-refractivity contribution in [2.45, 2.75) is 50.6 Å². The zero-order chi connectivity index (χ0) is 21.0. The number of thiazole rings is 1. The highest BCUT2D eigenvalue weighted by Gasteiger charge is 2.38. The molecule has 1 saturated carbocycles. The number of nitrogens with zero attached hydrogens (tertiary/aromatic N) is 3. The van der Waals surface area contributed by atoms with E-state index in [1.807, 2.05) is 25.2 Å². The van der Waals surface area contributed by atoms with Crippen LogP contribution in [0.3, 0.4) is 0 Å². The van der Waals surface area contributed by atoms with E-state index in [9.17, 15) is 4.79 Å². The zero-order valence-corrected chi connectivity index (χ0v) is 19.0. The molecule has 1 aliphatic carbocycles. The summed E-state index contributed by atoms with van der Waals surface area (Å²) in [6, 6.07) is 8.32. The fourth-order valence-corrected chi connectivity index (χ4v) is 5.88. The van der Waals surface area contributed by atoms with Gasteiger partial charge in [0, 0.05) is 25.2 Å². The number of fused-ring (bicyclic) bond motifs is 1.